The van der Waals surface area contributed by atoms with Crippen LogP contribution in [-0.2, 0) is 0 Å². The van der Waals surface area contributed by atoms with E-state index in [0.717, 1.165) is 25.1 Å². The Kier molecular flexibility index (Phi) is 4.11. The van der Waals surface area contributed by atoms with Gasteiger partial charge in [0.05, 0.1) is 18.1 Å². The topological polar surface area (TPSA) is 105 Å². The van der Waals surface area contributed by atoms with Crippen LogP contribution < -0.4 is 5.32 Å². The van der Waals surface area contributed by atoms with Crippen molar-refractivity contribution >= 4 is 11.7 Å². The van der Waals surface area contributed by atoms with Crippen molar-refractivity contribution in [2.75, 3.05) is 18.4 Å². The number of piperidine rings is 1. The Morgan fingerprint density at radius 3 is 2.96 bits per heavy atom. The minimum absolute atomic E-state index is 0.127. The number of H-pyrrole nitrogens is 1. The van der Waals surface area contributed by atoms with Gasteiger partial charge in [-0.15, -0.1) is 0 Å². The van der Waals surface area contributed by atoms with E-state index in [2.05, 4.69) is 30.6 Å². The first kappa shape index (κ1) is 15.3. The molecule has 0 aromatic carbocycles. The molecule has 0 saturated carbocycles. The van der Waals surface area contributed by atoms with Gasteiger partial charge >= 0.3 is 6.03 Å². The van der Waals surface area contributed by atoms with Gasteiger partial charge in [0.15, 0.2) is 0 Å². The number of carbonyl (C=O) groups excluding carboxylic acids is 1. The van der Waals surface area contributed by atoms with Crippen LogP contribution in [0.3, 0.4) is 0 Å². The second-order valence-electron chi connectivity index (χ2n) is 5.95. The van der Waals surface area contributed by atoms with Crippen LogP contribution in [0.1, 0.15) is 24.5 Å². The highest BCUT2D eigenvalue weighted by Gasteiger charge is 2.25. The summed E-state index contributed by atoms with van der Waals surface area (Å²) in [5.74, 6) is 0.753. The number of nitrogens with zero attached hydrogens (tertiary/aromatic N) is 6. The van der Waals surface area contributed by atoms with Gasteiger partial charge in [0.1, 0.15) is 0 Å². The van der Waals surface area contributed by atoms with E-state index in [1.807, 2.05) is 11.0 Å². The maximum absolute atomic E-state index is 12.5. The number of aromatic nitrogens is 6. The summed E-state index contributed by atoms with van der Waals surface area (Å²) in [6, 6.07) is 3.58. The van der Waals surface area contributed by atoms with Crippen molar-refractivity contribution in [3.8, 4) is 5.95 Å². The van der Waals surface area contributed by atoms with Gasteiger partial charge in [-0.2, -0.15) is 10.2 Å². The van der Waals surface area contributed by atoms with Crippen LogP contribution in [-0.4, -0.2) is 54.0 Å². The normalized spacial score (nSPS) is 17.4. The summed E-state index contributed by atoms with van der Waals surface area (Å²) < 4.78 is 1.53. The molecule has 0 aliphatic carbocycles. The minimum atomic E-state index is -0.127. The predicted octanol–water partition coefficient (Wildman–Crippen LogP) is 1.80. The molecule has 3 aromatic rings. The van der Waals surface area contributed by atoms with Crippen LogP contribution in [0, 0.1) is 0 Å². The zero-order chi connectivity index (χ0) is 17.1. The second-order valence-corrected chi connectivity index (χ2v) is 5.95. The first-order chi connectivity index (χ1) is 12.3. The van der Waals surface area contributed by atoms with E-state index in [9.17, 15) is 4.79 Å². The molecular formula is C16H18N8O. The average molecular weight is 338 g/mol. The predicted molar refractivity (Wildman–Crippen MR) is 90.3 cm³/mol. The molecule has 128 valence electrons. The summed E-state index contributed by atoms with van der Waals surface area (Å²) in [6.45, 7) is 1.41. The number of carbonyl (C=O) groups is 1. The van der Waals surface area contributed by atoms with Crippen molar-refractivity contribution in [2.45, 2.75) is 18.8 Å². The molecule has 0 spiro atoms. The number of rotatable bonds is 3. The van der Waals surface area contributed by atoms with Crippen molar-refractivity contribution in [1.82, 2.24) is 34.8 Å². The maximum Gasteiger partial charge on any atom is 0.321 e. The number of likely N-dealkylation sites (tertiary alicyclic amines) is 1. The summed E-state index contributed by atoms with van der Waals surface area (Å²) in [5.41, 5.74) is 1.69. The van der Waals surface area contributed by atoms with Crippen LogP contribution in [0.4, 0.5) is 10.5 Å². The smallest absolute Gasteiger partial charge is 0.321 e. The van der Waals surface area contributed by atoms with Gasteiger partial charge in [-0.3, -0.25) is 5.10 Å². The molecule has 25 heavy (non-hydrogen) atoms. The third-order valence-corrected chi connectivity index (χ3v) is 4.26. The molecule has 2 N–H and O–H groups in total. The zero-order valence-corrected chi connectivity index (χ0v) is 13.5. The molecule has 0 radical (unpaired) electrons. The van der Waals surface area contributed by atoms with Crippen molar-refractivity contribution in [3.05, 3.63) is 48.8 Å². The van der Waals surface area contributed by atoms with Gasteiger partial charge in [-0.1, -0.05) is 0 Å². The van der Waals surface area contributed by atoms with E-state index in [-0.39, 0.29) is 6.03 Å². The highest BCUT2D eigenvalue weighted by Crippen LogP contribution is 2.25. The third kappa shape index (κ3) is 3.35. The van der Waals surface area contributed by atoms with Crippen LogP contribution in [0.15, 0.2) is 43.1 Å². The highest BCUT2D eigenvalue weighted by atomic mass is 16.2. The van der Waals surface area contributed by atoms with Gasteiger partial charge in [-0.25, -0.2) is 19.4 Å². The lowest BCUT2D eigenvalue weighted by Gasteiger charge is -2.32. The summed E-state index contributed by atoms with van der Waals surface area (Å²) >= 11 is 0. The van der Waals surface area contributed by atoms with E-state index < -0.39 is 0 Å². The Labute approximate surface area is 144 Å². The monoisotopic (exact) mass is 338 g/mol. The molecule has 1 fully saturated rings. The molecule has 9 nitrogen and oxygen atoms in total. The zero-order valence-electron chi connectivity index (χ0n) is 13.5. The van der Waals surface area contributed by atoms with Gasteiger partial charge in [-0.05, 0) is 25.0 Å². The summed E-state index contributed by atoms with van der Waals surface area (Å²) in [7, 11) is 0. The molecule has 4 heterocycles. The third-order valence-electron chi connectivity index (χ3n) is 4.26. The van der Waals surface area contributed by atoms with Crippen molar-refractivity contribution in [2.24, 2.45) is 0 Å². The van der Waals surface area contributed by atoms with E-state index in [4.69, 9.17) is 0 Å². The highest BCUT2D eigenvalue weighted by molar-refractivity contribution is 5.89. The van der Waals surface area contributed by atoms with Crippen LogP contribution >= 0.6 is 0 Å². The Bertz CT molecular complexity index is 829. The Hall–Kier alpha value is -3.23. The number of hydrogen-bond acceptors (Lipinski definition) is 5. The van der Waals surface area contributed by atoms with Gasteiger partial charge in [0.2, 0.25) is 5.95 Å². The lowest BCUT2D eigenvalue weighted by Crippen LogP contribution is -2.41. The standard InChI is InChI=1S/C16H18N8O/c25-16(23-8-1-3-12(10-23)14-4-7-19-22-14)21-13-9-20-24(11-13)15-17-5-2-6-18-15/h2,4-7,9,11-12H,1,3,8,10H2,(H,19,22)(H,21,25)/t12-/m1/s1. The van der Waals surface area contributed by atoms with E-state index in [1.165, 1.54) is 4.68 Å². The number of anilines is 1. The number of aromatic amines is 1. The fourth-order valence-electron chi connectivity index (χ4n) is 3.02. The maximum atomic E-state index is 12.5. The van der Waals surface area contributed by atoms with Crippen molar-refractivity contribution in [1.29, 1.82) is 0 Å². The van der Waals surface area contributed by atoms with Crippen molar-refractivity contribution < 1.29 is 4.79 Å². The molecule has 1 aliphatic heterocycles. The number of amides is 2. The lowest BCUT2D eigenvalue weighted by molar-refractivity contribution is 0.192. The molecule has 1 saturated heterocycles. The van der Waals surface area contributed by atoms with Crippen LogP contribution in [0.2, 0.25) is 0 Å². The quantitative estimate of drug-likeness (QED) is 0.757. The lowest BCUT2D eigenvalue weighted by atomic mass is 9.95. The Morgan fingerprint density at radius 2 is 2.16 bits per heavy atom. The number of nitrogens with one attached hydrogen (secondary N) is 2. The summed E-state index contributed by atoms with van der Waals surface area (Å²) in [4.78, 5) is 22.6. The summed E-state index contributed by atoms with van der Waals surface area (Å²) in [6.07, 6.45) is 10.3. The molecule has 1 aliphatic rings. The molecule has 4 rings (SSSR count). The minimum Gasteiger partial charge on any atom is -0.324 e. The molecule has 3 aromatic heterocycles. The fourth-order valence-corrected chi connectivity index (χ4v) is 3.02. The second kappa shape index (κ2) is 6.71. The van der Waals surface area contributed by atoms with Gasteiger partial charge in [0.25, 0.3) is 0 Å². The van der Waals surface area contributed by atoms with Gasteiger partial charge in [0, 0.05) is 43.3 Å². The number of hydrogen-bond donors (Lipinski definition) is 2. The first-order valence-electron chi connectivity index (χ1n) is 8.17. The van der Waals surface area contributed by atoms with E-state index in [1.54, 1.807) is 37.1 Å². The Balaban J connectivity index is 1.41. The average Bonchev–Trinajstić information content (AvgIpc) is 3.35. The van der Waals surface area contributed by atoms with Gasteiger partial charge < -0.3 is 10.2 Å². The van der Waals surface area contributed by atoms with E-state index >= 15 is 0 Å². The first-order valence-corrected chi connectivity index (χ1v) is 8.17. The number of urea groups is 1. The molecule has 0 bridgehead atoms. The SMILES string of the molecule is O=C(Nc1cnn(-c2ncccn2)c1)N1CCC[C@@H](c2ccn[nH]2)C1. The molecule has 0 unspecified atom stereocenters. The largest absolute Gasteiger partial charge is 0.324 e. The molecule has 9 heteroatoms. The molecular weight excluding hydrogens is 320 g/mol. The molecule has 2 amide bonds. The van der Waals surface area contributed by atoms with E-state index in [0.29, 0.717) is 24.1 Å². The van der Waals surface area contributed by atoms with Crippen molar-refractivity contribution in [3.63, 3.8) is 0 Å². The fraction of sp³-hybridized carbons (Fsp3) is 0.312. The van der Waals surface area contributed by atoms with Crippen LogP contribution in [0.5, 0.6) is 0 Å². The Morgan fingerprint density at radius 1 is 1.28 bits per heavy atom. The summed E-state index contributed by atoms with van der Waals surface area (Å²) in [5, 5.41) is 14.1. The van der Waals surface area contributed by atoms with Crippen LogP contribution in [0.25, 0.3) is 5.95 Å². The molecule has 1 atom stereocenters.